The lowest BCUT2D eigenvalue weighted by atomic mass is 10.0. The summed E-state index contributed by atoms with van der Waals surface area (Å²) in [4.78, 5) is 13.2. The predicted molar refractivity (Wildman–Crippen MR) is 77.8 cm³/mol. The van der Waals surface area contributed by atoms with Gasteiger partial charge in [-0.25, -0.2) is 4.79 Å². The summed E-state index contributed by atoms with van der Waals surface area (Å²) in [6, 6.07) is 3.41. The molecule has 19 heavy (non-hydrogen) atoms. The van der Waals surface area contributed by atoms with Gasteiger partial charge in [0.15, 0.2) is 0 Å². The first-order valence-electron chi connectivity index (χ1n) is 5.50. The van der Waals surface area contributed by atoms with Crippen LogP contribution in [0.4, 0.5) is 5.69 Å². The standard InChI is InChI=1S/C12H13Br2NO4/c1-18-12(19-2)5-15(6-12)10-8(11(16)17)3-7(13)4-9(10)14/h3-4H,5-6H2,1-2H3,(H,16,17). The van der Waals surface area contributed by atoms with Crippen molar-refractivity contribution in [1.82, 2.24) is 0 Å². The molecular weight excluding hydrogens is 382 g/mol. The van der Waals surface area contributed by atoms with Crippen molar-refractivity contribution in [3.05, 3.63) is 26.6 Å². The van der Waals surface area contributed by atoms with Crippen LogP contribution in [0.15, 0.2) is 21.1 Å². The molecule has 0 amide bonds. The van der Waals surface area contributed by atoms with Crippen molar-refractivity contribution < 1.29 is 19.4 Å². The average Bonchev–Trinajstić information content (AvgIpc) is 2.30. The minimum atomic E-state index is -0.968. The molecule has 5 nitrogen and oxygen atoms in total. The maximum atomic E-state index is 11.3. The van der Waals surface area contributed by atoms with Crippen molar-refractivity contribution in [2.45, 2.75) is 5.79 Å². The third-order valence-electron chi connectivity index (χ3n) is 3.18. The van der Waals surface area contributed by atoms with Gasteiger partial charge in [0.05, 0.1) is 24.3 Å². The molecule has 0 aromatic heterocycles. The van der Waals surface area contributed by atoms with E-state index in [0.29, 0.717) is 23.2 Å². The lowest BCUT2D eigenvalue weighted by molar-refractivity contribution is -0.219. The maximum absolute atomic E-state index is 11.3. The molecule has 1 N–H and O–H groups in total. The van der Waals surface area contributed by atoms with Crippen LogP contribution in [-0.2, 0) is 9.47 Å². The molecule has 1 heterocycles. The molecule has 1 aliphatic heterocycles. The first-order chi connectivity index (χ1) is 8.92. The van der Waals surface area contributed by atoms with Gasteiger partial charge in [-0.1, -0.05) is 15.9 Å². The smallest absolute Gasteiger partial charge is 0.337 e. The van der Waals surface area contributed by atoms with E-state index in [1.165, 1.54) is 0 Å². The maximum Gasteiger partial charge on any atom is 0.337 e. The van der Waals surface area contributed by atoms with Crippen LogP contribution < -0.4 is 4.90 Å². The molecule has 104 valence electrons. The molecule has 7 heteroatoms. The van der Waals surface area contributed by atoms with Gasteiger partial charge >= 0.3 is 5.97 Å². The number of hydrogen-bond acceptors (Lipinski definition) is 4. The summed E-state index contributed by atoms with van der Waals surface area (Å²) >= 11 is 6.70. The van der Waals surface area contributed by atoms with E-state index in [1.54, 1.807) is 20.3 Å². The van der Waals surface area contributed by atoms with Crippen molar-refractivity contribution in [2.75, 3.05) is 32.2 Å². The summed E-state index contributed by atoms with van der Waals surface area (Å²) in [5.41, 5.74) is 0.877. The van der Waals surface area contributed by atoms with Gasteiger partial charge < -0.3 is 19.5 Å². The summed E-state index contributed by atoms with van der Waals surface area (Å²) in [6.45, 7) is 0.973. The second-order valence-corrected chi connectivity index (χ2v) is 6.03. The van der Waals surface area contributed by atoms with Crippen LogP contribution in [0.5, 0.6) is 0 Å². The molecule has 0 unspecified atom stereocenters. The van der Waals surface area contributed by atoms with Gasteiger partial charge in [0.1, 0.15) is 0 Å². The number of nitrogens with zero attached hydrogens (tertiary/aromatic N) is 1. The van der Waals surface area contributed by atoms with Crippen LogP contribution in [-0.4, -0.2) is 44.2 Å². The molecule has 1 aliphatic rings. The van der Waals surface area contributed by atoms with Gasteiger partial charge in [-0.15, -0.1) is 0 Å². The highest BCUT2D eigenvalue weighted by molar-refractivity contribution is 9.11. The Morgan fingerprint density at radius 1 is 1.32 bits per heavy atom. The fourth-order valence-corrected chi connectivity index (χ4v) is 3.56. The third kappa shape index (κ3) is 2.65. The second-order valence-electron chi connectivity index (χ2n) is 4.26. The summed E-state index contributed by atoms with van der Waals surface area (Å²) in [7, 11) is 3.16. The van der Waals surface area contributed by atoms with Crippen molar-refractivity contribution in [3.63, 3.8) is 0 Å². The van der Waals surface area contributed by atoms with Crippen molar-refractivity contribution in [3.8, 4) is 0 Å². The third-order valence-corrected chi connectivity index (χ3v) is 4.24. The summed E-state index contributed by atoms with van der Waals surface area (Å²) in [5.74, 6) is -1.62. The number of aromatic carboxylic acids is 1. The normalized spacial score (nSPS) is 17.2. The van der Waals surface area contributed by atoms with E-state index >= 15 is 0 Å². The summed E-state index contributed by atoms with van der Waals surface area (Å²) in [5, 5.41) is 9.30. The first kappa shape index (κ1) is 14.8. The Bertz CT molecular complexity index is 509. The highest BCUT2D eigenvalue weighted by Crippen LogP contribution is 2.39. The van der Waals surface area contributed by atoms with Crippen molar-refractivity contribution in [1.29, 1.82) is 0 Å². The van der Waals surface area contributed by atoms with Crippen molar-refractivity contribution in [2.24, 2.45) is 0 Å². The Hall–Kier alpha value is -0.630. The molecular formula is C12H13Br2NO4. The lowest BCUT2D eigenvalue weighted by Gasteiger charge is -2.49. The van der Waals surface area contributed by atoms with Crippen LogP contribution in [0.1, 0.15) is 10.4 Å². The van der Waals surface area contributed by atoms with Crippen LogP contribution >= 0.6 is 31.9 Å². The van der Waals surface area contributed by atoms with E-state index in [2.05, 4.69) is 31.9 Å². The molecule has 0 saturated carbocycles. The topological polar surface area (TPSA) is 59.0 Å². The largest absolute Gasteiger partial charge is 0.478 e. The molecule has 2 rings (SSSR count). The quantitative estimate of drug-likeness (QED) is 0.795. The summed E-state index contributed by atoms with van der Waals surface area (Å²) in [6.07, 6.45) is 0. The van der Waals surface area contributed by atoms with Gasteiger partial charge in [-0.3, -0.25) is 0 Å². The zero-order valence-electron chi connectivity index (χ0n) is 10.4. The fourth-order valence-electron chi connectivity index (χ4n) is 2.09. The molecule has 0 spiro atoms. The molecule has 0 bridgehead atoms. The number of hydrogen-bond donors (Lipinski definition) is 1. The predicted octanol–water partition coefficient (Wildman–Crippen LogP) is 2.72. The van der Waals surface area contributed by atoms with Crippen LogP contribution in [0, 0.1) is 0 Å². The van der Waals surface area contributed by atoms with E-state index in [1.807, 2.05) is 11.0 Å². The fraction of sp³-hybridized carbons (Fsp3) is 0.417. The first-order valence-corrected chi connectivity index (χ1v) is 7.08. The molecule has 1 aromatic carbocycles. The van der Waals surface area contributed by atoms with E-state index in [9.17, 15) is 9.90 Å². The van der Waals surface area contributed by atoms with E-state index in [0.717, 1.165) is 4.47 Å². The van der Waals surface area contributed by atoms with Gasteiger partial charge in [-0.2, -0.15) is 0 Å². The van der Waals surface area contributed by atoms with Gasteiger partial charge in [0.25, 0.3) is 0 Å². The number of carboxylic acids is 1. The van der Waals surface area contributed by atoms with Crippen LogP contribution in [0.2, 0.25) is 0 Å². The molecule has 1 fully saturated rings. The highest BCUT2D eigenvalue weighted by Gasteiger charge is 2.45. The number of benzene rings is 1. The number of rotatable bonds is 4. The van der Waals surface area contributed by atoms with Crippen LogP contribution in [0.25, 0.3) is 0 Å². The SMILES string of the molecule is COC1(OC)CN(c2c(Br)cc(Br)cc2C(=O)O)C1. The monoisotopic (exact) mass is 393 g/mol. The zero-order chi connectivity index (χ0) is 14.2. The number of methoxy groups -OCH3 is 2. The van der Waals surface area contributed by atoms with Gasteiger partial charge in [0.2, 0.25) is 5.79 Å². The Morgan fingerprint density at radius 2 is 1.89 bits per heavy atom. The Balaban J connectivity index is 2.34. The number of anilines is 1. The number of ether oxygens (including phenoxy) is 2. The lowest BCUT2D eigenvalue weighted by Crippen LogP contribution is -2.64. The molecule has 1 aromatic rings. The summed E-state index contributed by atoms with van der Waals surface area (Å²) < 4.78 is 12.0. The number of halogens is 2. The Kier molecular flexibility index (Phi) is 4.20. The van der Waals surface area contributed by atoms with Gasteiger partial charge in [-0.05, 0) is 28.1 Å². The number of carbonyl (C=O) groups is 1. The van der Waals surface area contributed by atoms with Crippen LogP contribution in [0.3, 0.4) is 0 Å². The average molecular weight is 395 g/mol. The highest BCUT2D eigenvalue weighted by atomic mass is 79.9. The Labute approximate surface area is 127 Å². The second kappa shape index (κ2) is 5.40. The van der Waals surface area contributed by atoms with Gasteiger partial charge in [0, 0.05) is 23.2 Å². The van der Waals surface area contributed by atoms with E-state index < -0.39 is 11.8 Å². The zero-order valence-corrected chi connectivity index (χ0v) is 13.6. The van der Waals surface area contributed by atoms with E-state index in [4.69, 9.17) is 9.47 Å². The minimum absolute atomic E-state index is 0.238. The molecule has 0 radical (unpaired) electrons. The molecule has 0 aliphatic carbocycles. The minimum Gasteiger partial charge on any atom is -0.478 e. The Morgan fingerprint density at radius 3 is 2.37 bits per heavy atom. The van der Waals surface area contributed by atoms with Crippen molar-refractivity contribution >= 4 is 43.5 Å². The molecule has 1 saturated heterocycles. The number of carboxylic acid groups (broad SMARTS) is 1. The van der Waals surface area contributed by atoms with E-state index in [-0.39, 0.29) is 5.56 Å². The molecule has 0 atom stereocenters.